The van der Waals surface area contributed by atoms with Crippen LogP contribution in [0.1, 0.15) is 73.9 Å². The first kappa shape index (κ1) is 25.0. The molecule has 5 nitrogen and oxygen atoms in total. The van der Waals surface area contributed by atoms with Gasteiger partial charge in [0.15, 0.2) is 19.9 Å². The molecule has 0 atom stereocenters. The van der Waals surface area contributed by atoms with Crippen LogP contribution in [0.4, 0.5) is 0 Å². The molecule has 0 spiro atoms. The maximum Gasteiger partial charge on any atom is 0.238 e. The Morgan fingerprint density at radius 1 is 1.09 bits per heavy atom. The molecule has 0 bridgehead atoms. The molecule has 1 aliphatic carbocycles. The zero-order valence-corrected chi connectivity index (χ0v) is 22.7. The van der Waals surface area contributed by atoms with Gasteiger partial charge in [0.2, 0.25) is 5.78 Å². The molecule has 4 rings (SSSR count). The third kappa shape index (κ3) is 4.58. The van der Waals surface area contributed by atoms with Gasteiger partial charge in [0, 0.05) is 30.6 Å². The first-order valence-electron chi connectivity index (χ1n) is 12.6. The van der Waals surface area contributed by atoms with Crippen molar-refractivity contribution in [1.82, 2.24) is 9.55 Å². The maximum absolute atomic E-state index is 14.2. The molecule has 0 unspecified atom stereocenters. The molecular weight excluding hydrogens is 460 g/mol. The smallest absolute Gasteiger partial charge is 0.238 e. The van der Waals surface area contributed by atoms with Crippen LogP contribution in [0.2, 0.25) is 18.1 Å². The molecule has 0 aliphatic heterocycles. The average Bonchev–Trinajstić information content (AvgIpc) is 3.46. The highest BCUT2D eigenvalue weighted by Gasteiger charge is 2.46. The third-order valence-corrected chi connectivity index (χ3v) is 13.7. The van der Waals surface area contributed by atoms with Crippen molar-refractivity contribution in [2.45, 2.75) is 83.0 Å². The summed E-state index contributed by atoms with van der Waals surface area (Å²) in [5.74, 6) is 0.435. The van der Waals surface area contributed by atoms with Crippen LogP contribution in [-0.4, -0.2) is 35.0 Å². The molecule has 2 heterocycles. The molecule has 0 N–H and O–H groups in total. The fourth-order valence-electron chi connectivity index (χ4n) is 5.41. The predicted molar refractivity (Wildman–Crippen MR) is 141 cm³/mol. The second-order valence-corrected chi connectivity index (χ2v) is 15.3. The summed E-state index contributed by atoms with van der Waals surface area (Å²) in [5.41, 5.74) is 0.128. The standard InChI is InChI=1S/C27H36N2O3SSi/c1-5-34(6-2,7-3)32-27(15-11-8-12-16-27)23(30)19-21-20-13-9-10-14-22(20)33-25(21)24(31)26-28-17-18-29(26)4/h9-10,13-14,17-18H,5-8,11-12,15-16,19H2,1-4H3. The molecule has 1 aromatic carbocycles. The average molecular weight is 497 g/mol. The van der Waals surface area contributed by atoms with Crippen molar-refractivity contribution in [3.05, 3.63) is 52.9 Å². The number of benzene rings is 1. The number of thiophene rings is 1. The summed E-state index contributed by atoms with van der Waals surface area (Å²) in [6.07, 6.45) is 8.45. The summed E-state index contributed by atoms with van der Waals surface area (Å²) < 4.78 is 9.79. The quantitative estimate of drug-likeness (QED) is 0.231. The lowest BCUT2D eigenvalue weighted by Crippen LogP contribution is -2.53. The Hall–Kier alpha value is -2.09. The summed E-state index contributed by atoms with van der Waals surface area (Å²) in [4.78, 5) is 32.6. The van der Waals surface area contributed by atoms with Crippen LogP contribution >= 0.6 is 11.3 Å². The van der Waals surface area contributed by atoms with Crippen LogP contribution in [-0.2, 0) is 22.7 Å². The van der Waals surface area contributed by atoms with E-state index in [2.05, 4.69) is 25.8 Å². The summed E-state index contributed by atoms with van der Waals surface area (Å²) in [5, 5.41) is 0.995. The monoisotopic (exact) mass is 496 g/mol. The number of ketones is 2. The molecule has 1 saturated carbocycles. The number of aryl methyl sites for hydroxylation is 1. The molecule has 182 valence electrons. The van der Waals surface area contributed by atoms with Crippen LogP contribution in [0.25, 0.3) is 10.1 Å². The molecule has 3 aromatic rings. The highest BCUT2D eigenvalue weighted by Crippen LogP contribution is 2.41. The van der Waals surface area contributed by atoms with Crippen LogP contribution in [0.3, 0.4) is 0 Å². The van der Waals surface area contributed by atoms with Gasteiger partial charge in [0.25, 0.3) is 0 Å². The van der Waals surface area contributed by atoms with Gasteiger partial charge in [-0.1, -0.05) is 58.2 Å². The van der Waals surface area contributed by atoms with E-state index in [0.717, 1.165) is 65.9 Å². The highest BCUT2D eigenvalue weighted by molar-refractivity contribution is 7.21. The molecule has 0 amide bonds. The summed E-state index contributed by atoms with van der Waals surface area (Å²) >= 11 is 1.47. The number of carbonyl (C=O) groups excluding carboxylic acids is 2. The van der Waals surface area contributed by atoms with Crippen molar-refractivity contribution in [3.63, 3.8) is 0 Å². The molecule has 1 fully saturated rings. The molecule has 1 aliphatic rings. The van der Waals surface area contributed by atoms with Crippen LogP contribution in [0.5, 0.6) is 0 Å². The van der Waals surface area contributed by atoms with Crippen molar-refractivity contribution in [2.75, 3.05) is 0 Å². The van der Waals surface area contributed by atoms with Crippen molar-refractivity contribution < 1.29 is 14.0 Å². The SMILES string of the molecule is CC[Si](CC)(CC)OC1(C(=O)Cc2c(C(=O)c3nccn3C)sc3ccccc23)CCCCC1. The number of fused-ring (bicyclic) bond motifs is 1. The lowest BCUT2D eigenvalue weighted by Gasteiger charge is -2.44. The van der Waals surface area contributed by atoms with E-state index < -0.39 is 13.9 Å². The van der Waals surface area contributed by atoms with E-state index in [1.165, 1.54) is 11.3 Å². The minimum Gasteiger partial charge on any atom is -0.404 e. The normalized spacial score (nSPS) is 16.1. The van der Waals surface area contributed by atoms with E-state index in [0.29, 0.717) is 10.7 Å². The van der Waals surface area contributed by atoms with Crippen LogP contribution in [0.15, 0.2) is 36.7 Å². The number of aromatic nitrogens is 2. The number of carbonyl (C=O) groups is 2. The number of hydrogen-bond acceptors (Lipinski definition) is 5. The fourth-order valence-corrected chi connectivity index (χ4v) is 9.64. The second-order valence-electron chi connectivity index (χ2n) is 9.60. The first-order valence-corrected chi connectivity index (χ1v) is 16.0. The Morgan fingerprint density at radius 3 is 2.38 bits per heavy atom. The Kier molecular flexibility index (Phi) is 7.55. The van der Waals surface area contributed by atoms with E-state index >= 15 is 0 Å². The minimum atomic E-state index is -1.98. The summed E-state index contributed by atoms with van der Waals surface area (Å²) in [6, 6.07) is 11.1. The van der Waals surface area contributed by atoms with E-state index in [4.69, 9.17) is 4.43 Å². The van der Waals surface area contributed by atoms with Crippen molar-refractivity contribution in [3.8, 4) is 0 Å². The molecule has 34 heavy (non-hydrogen) atoms. The van der Waals surface area contributed by atoms with Crippen LogP contribution in [0, 0.1) is 0 Å². The lowest BCUT2D eigenvalue weighted by molar-refractivity contribution is -0.137. The van der Waals surface area contributed by atoms with Gasteiger partial charge in [-0.2, -0.15) is 0 Å². The number of hydrogen-bond donors (Lipinski definition) is 0. The minimum absolute atomic E-state index is 0.116. The highest BCUT2D eigenvalue weighted by atomic mass is 32.1. The number of Topliss-reactive ketones (excluding diaryl/α,β-unsaturated/α-hetero) is 1. The molecular formula is C27H36N2O3SSi. The number of rotatable bonds is 10. The summed E-state index contributed by atoms with van der Waals surface area (Å²) in [6.45, 7) is 6.66. The van der Waals surface area contributed by atoms with Gasteiger partial charge in [-0.05, 0) is 48.0 Å². The van der Waals surface area contributed by atoms with Gasteiger partial charge in [-0.15, -0.1) is 11.3 Å². The first-order chi connectivity index (χ1) is 16.4. The van der Waals surface area contributed by atoms with Crippen LogP contribution < -0.4 is 0 Å². The predicted octanol–water partition coefficient (Wildman–Crippen LogP) is 6.70. The van der Waals surface area contributed by atoms with Crippen molar-refractivity contribution >= 4 is 41.3 Å². The van der Waals surface area contributed by atoms with Gasteiger partial charge in [0.1, 0.15) is 5.60 Å². The lowest BCUT2D eigenvalue weighted by atomic mass is 9.79. The molecule has 7 heteroatoms. The second kappa shape index (κ2) is 10.3. The van der Waals surface area contributed by atoms with Gasteiger partial charge in [-0.3, -0.25) is 9.59 Å². The zero-order chi connectivity index (χ0) is 24.3. The van der Waals surface area contributed by atoms with E-state index in [-0.39, 0.29) is 18.0 Å². The largest absolute Gasteiger partial charge is 0.404 e. The number of imidazole rings is 1. The Balaban J connectivity index is 1.75. The van der Waals surface area contributed by atoms with E-state index in [9.17, 15) is 9.59 Å². The number of nitrogens with zero attached hydrogens (tertiary/aromatic N) is 2. The molecule has 2 aromatic heterocycles. The third-order valence-electron chi connectivity index (χ3n) is 7.78. The van der Waals surface area contributed by atoms with Crippen molar-refractivity contribution in [2.24, 2.45) is 7.05 Å². The summed E-state index contributed by atoms with van der Waals surface area (Å²) in [7, 11) is -0.153. The Labute approximate surface area is 207 Å². The van der Waals surface area contributed by atoms with Gasteiger partial charge in [-0.25, -0.2) is 4.98 Å². The zero-order valence-electron chi connectivity index (χ0n) is 20.9. The topological polar surface area (TPSA) is 61.2 Å². The van der Waals surface area contributed by atoms with E-state index in [1.54, 1.807) is 17.0 Å². The molecule has 0 radical (unpaired) electrons. The molecule has 0 saturated heterocycles. The van der Waals surface area contributed by atoms with Gasteiger partial charge >= 0.3 is 0 Å². The van der Waals surface area contributed by atoms with E-state index in [1.807, 2.05) is 31.3 Å². The van der Waals surface area contributed by atoms with Gasteiger partial charge < -0.3 is 8.99 Å². The van der Waals surface area contributed by atoms with Gasteiger partial charge in [0.05, 0.1) is 4.88 Å². The Bertz CT molecular complexity index is 1160. The van der Waals surface area contributed by atoms with Crippen molar-refractivity contribution in [1.29, 1.82) is 0 Å². The maximum atomic E-state index is 14.2. The fraction of sp³-hybridized carbons (Fsp3) is 0.519. The Morgan fingerprint density at radius 2 is 1.76 bits per heavy atom.